The highest BCUT2D eigenvalue weighted by Crippen LogP contribution is 2.28. The molecule has 0 unspecified atom stereocenters. The molecule has 2 rings (SSSR count). The van der Waals surface area contributed by atoms with Gasteiger partial charge < -0.3 is 5.32 Å². The zero-order valence-corrected chi connectivity index (χ0v) is 13.8. The lowest BCUT2D eigenvalue weighted by Crippen LogP contribution is -2.14. The second kappa shape index (κ2) is 6.27. The molecule has 0 spiro atoms. The zero-order valence-electron chi connectivity index (χ0n) is 10.8. The number of pyridine rings is 1. The lowest BCUT2D eigenvalue weighted by Gasteiger charge is -2.11. The predicted octanol–water partition coefficient (Wildman–Crippen LogP) is 4.80. The molecule has 0 bridgehead atoms. The number of nitrogens with one attached hydrogen (secondary N) is 1. The number of halogens is 4. The molecule has 0 atom stereocenters. The summed E-state index contributed by atoms with van der Waals surface area (Å²) in [5.41, 5.74) is 1.18. The van der Waals surface area contributed by atoms with Crippen molar-refractivity contribution in [3.8, 4) is 0 Å². The van der Waals surface area contributed by atoms with E-state index in [1.54, 1.807) is 0 Å². The molecule has 1 N–H and O–H groups in total. The van der Waals surface area contributed by atoms with Crippen molar-refractivity contribution in [3.05, 3.63) is 56.9 Å². The lowest BCUT2D eigenvalue weighted by atomic mass is 10.2. The first-order valence-corrected chi connectivity index (χ1v) is 7.37. The Morgan fingerprint density at radius 1 is 1.24 bits per heavy atom. The zero-order chi connectivity index (χ0) is 15.6. The Kier molecular flexibility index (Phi) is 4.82. The van der Waals surface area contributed by atoms with E-state index in [9.17, 15) is 13.2 Å². The molecule has 0 saturated heterocycles. The van der Waals surface area contributed by atoms with Gasteiger partial charge in [-0.05, 0) is 59.3 Å². The van der Waals surface area contributed by atoms with Gasteiger partial charge in [-0.3, -0.25) is 4.98 Å². The van der Waals surface area contributed by atoms with Crippen LogP contribution in [-0.4, -0.2) is 9.97 Å². The van der Waals surface area contributed by atoms with Crippen LogP contribution in [0.1, 0.15) is 16.8 Å². The molecule has 21 heavy (non-hydrogen) atoms. The molecular formula is C14H10F3IN2S. The van der Waals surface area contributed by atoms with Crippen molar-refractivity contribution in [3.63, 3.8) is 0 Å². The van der Waals surface area contributed by atoms with Gasteiger partial charge in [-0.2, -0.15) is 13.2 Å². The van der Waals surface area contributed by atoms with Crippen molar-refractivity contribution in [1.82, 2.24) is 4.98 Å². The Hall–Kier alpha value is -1.22. The first-order chi connectivity index (χ1) is 9.77. The van der Waals surface area contributed by atoms with E-state index in [-0.39, 0.29) is 10.6 Å². The SMILES string of the molecule is Cc1ccc(NC(=S)c2ccnc(C(F)(F)F)c2)cc1I. The van der Waals surface area contributed by atoms with E-state index < -0.39 is 11.9 Å². The van der Waals surface area contributed by atoms with Gasteiger partial charge in [0.05, 0.1) is 0 Å². The minimum absolute atomic E-state index is 0.225. The molecule has 0 aliphatic heterocycles. The third kappa shape index (κ3) is 4.13. The molecule has 1 aromatic heterocycles. The molecule has 2 nitrogen and oxygen atoms in total. The quantitative estimate of drug-likeness (QED) is 0.556. The largest absolute Gasteiger partial charge is 0.433 e. The standard InChI is InChI=1S/C14H10F3IN2S/c1-8-2-3-10(7-11(8)18)20-13(21)9-4-5-19-12(6-9)14(15,16)17/h2-7H,1H3,(H,20,21). The predicted molar refractivity (Wildman–Crippen MR) is 88.5 cm³/mol. The van der Waals surface area contributed by atoms with Crippen LogP contribution in [0.15, 0.2) is 36.5 Å². The summed E-state index contributed by atoms with van der Waals surface area (Å²) in [4.78, 5) is 3.54. The Bertz CT molecular complexity index is 686. The second-order valence-electron chi connectivity index (χ2n) is 4.35. The molecule has 0 radical (unpaired) electrons. The highest BCUT2D eigenvalue weighted by Gasteiger charge is 2.32. The van der Waals surface area contributed by atoms with Crippen LogP contribution in [0.25, 0.3) is 0 Å². The Morgan fingerprint density at radius 3 is 2.57 bits per heavy atom. The number of aromatic nitrogens is 1. The monoisotopic (exact) mass is 422 g/mol. The average molecular weight is 422 g/mol. The van der Waals surface area contributed by atoms with Crippen LogP contribution in [0.4, 0.5) is 18.9 Å². The summed E-state index contributed by atoms with van der Waals surface area (Å²) in [6, 6.07) is 8.02. The summed E-state index contributed by atoms with van der Waals surface area (Å²) in [7, 11) is 0. The fourth-order valence-corrected chi connectivity index (χ4v) is 2.36. The maximum Gasteiger partial charge on any atom is 0.433 e. The number of anilines is 1. The topological polar surface area (TPSA) is 24.9 Å². The number of nitrogens with zero attached hydrogens (tertiary/aromatic N) is 1. The normalized spacial score (nSPS) is 11.3. The smallest absolute Gasteiger partial charge is 0.346 e. The molecule has 2 aromatic rings. The number of rotatable bonds is 2. The lowest BCUT2D eigenvalue weighted by molar-refractivity contribution is -0.141. The number of hydrogen-bond acceptors (Lipinski definition) is 2. The van der Waals surface area contributed by atoms with Gasteiger partial charge in [0.15, 0.2) is 0 Å². The number of thiocarbonyl (C=S) groups is 1. The molecule has 110 valence electrons. The molecule has 1 heterocycles. The molecular weight excluding hydrogens is 412 g/mol. The van der Waals surface area contributed by atoms with Crippen molar-refractivity contribution in [1.29, 1.82) is 0 Å². The molecule has 1 aromatic carbocycles. The summed E-state index contributed by atoms with van der Waals surface area (Å²) in [5, 5.41) is 2.94. The maximum absolute atomic E-state index is 12.6. The summed E-state index contributed by atoms with van der Waals surface area (Å²) >= 11 is 7.34. The average Bonchev–Trinajstić information content (AvgIpc) is 2.42. The molecule has 0 aliphatic rings. The van der Waals surface area contributed by atoms with Crippen LogP contribution in [0.2, 0.25) is 0 Å². The Balaban J connectivity index is 2.22. The Morgan fingerprint density at radius 2 is 1.95 bits per heavy atom. The van der Waals surface area contributed by atoms with Gasteiger partial charge in [0, 0.05) is 21.0 Å². The summed E-state index contributed by atoms with van der Waals surface area (Å²) in [6.45, 7) is 1.97. The van der Waals surface area contributed by atoms with Gasteiger partial charge >= 0.3 is 6.18 Å². The molecule has 0 aliphatic carbocycles. The van der Waals surface area contributed by atoms with E-state index in [2.05, 4.69) is 32.9 Å². The fourth-order valence-electron chi connectivity index (χ4n) is 1.60. The minimum atomic E-state index is -4.48. The van der Waals surface area contributed by atoms with Gasteiger partial charge in [0.2, 0.25) is 0 Å². The van der Waals surface area contributed by atoms with Crippen LogP contribution in [0.5, 0.6) is 0 Å². The summed E-state index contributed by atoms with van der Waals surface area (Å²) in [6.07, 6.45) is -3.38. The van der Waals surface area contributed by atoms with E-state index in [0.717, 1.165) is 27.1 Å². The van der Waals surface area contributed by atoms with Gasteiger partial charge in [-0.1, -0.05) is 18.3 Å². The molecule has 0 saturated carbocycles. The molecule has 7 heteroatoms. The summed E-state index contributed by atoms with van der Waals surface area (Å²) in [5.74, 6) is 0. The van der Waals surface area contributed by atoms with Crippen LogP contribution in [-0.2, 0) is 6.18 Å². The summed E-state index contributed by atoms with van der Waals surface area (Å²) < 4.78 is 38.9. The Labute approximate surface area is 138 Å². The van der Waals surface area contributed by atoms with Crippen molar-refractivity contribution >= 4 is 45.5 Å². The maximum atomic E-state index is 12.6. The van der Waals surface area contributed by atoms with Crippen molar-refractivity contribution in [2.24, 2.45) is 0 Å². The van der Waals surface area contributed by atoms with Crippen LogP contribution in [0, 0.1) is 10.5 Å². The van der Waals surface area contributed by atoms with Gasteiger partial charge in [-0.15, -0.1) is 0 Å². The number of hydrogen-bond donors (Lipinski definition) is 1. The van der Waals surface area contributed by atoms with Crippen LogP contribution in [0.3, 0.4) is 0 Å². The van der Waals surface area contributed by atoms with E-state index in [1.807, 2.05) is 25.1 Å². The van der Waals surface area contributed by atoms with Crippen molar-refractivity contribution in [2.45, 2.75) is 13.1 Å². The van der Waals surface area contributed by atoms with Crippen molar-refractivity contribution < 1.29 is 13.2 Å². The van der Waals surface area contributed by atoms with E-state index in [4.69, 9.17) is 12.2 Å². The van der Waals surface area contributed by atoms with E-state index in [1.165, 1.54) is 6.07 Å². The second-order valence-corrected chi connectivity index (χ2v) is 5.92. The first-order valence-electron chi connectivity index (χ1n) is 5.88. The number of alkyl halides is 3. The van der Waals surface area contributed by atoms with Gasteiger partial charge in [0.25, 0.3) is 0 Å². The van der Waals surface area contributed by atoms with E-state index >= 15 is 0 Å². The highest BCUT2D eigenvalue weighted by atomic mass is 127. The first kappa shape index (κ1) is 16.2. The van der Waals surface area contributed by atoms with E-state index in [0.29, 0.717) is 0 Å². The number of benzene rings is 1. The molecule has 0 amide bonds. The third-order valence-electron chi connectivity index (χ3n) is 2.74. The number of aryl methyl sites for hydroxylation is 1. The van der Waals surface area contributed by atoms with Crippen LogP contribution >= 0.6 is 34.8 Å². The minimum Gasteiger partial charge on any atom is -0.346 e. The van der Waals surface area contributed by atoms with Gasteiger partial charge in [0.1, 0.15) is 10.7 Å². The highest BCUT2D eigenvalue weighted by molar-refractivity contribution is 14.1. The van der Waals surface area contributed by atoms with Crippen LogP contribution < -0.4 is 5.32 Å². The fraction of sp³-hybridized carbons (Fsp3) is 0.143. The molecule has 0 fully saturated rings. The van der Waals surface area contributed by atoms with Gasteiger partial charge in [-0.25, -0.2) is 0 Å². The van der Waals surface area contributed by atoms with Crippen molar-refractivity contribution in [2.75, 3.05) is 5.32 Å². The third-order valence-corrected chi connectivity index (χ3v) is 4.24.